The summed E-state index contributed by atoms with van der Waals surface area (Å²) in [6.45, 7) is 1.57. The van der Waals surface area contributed by atoms with E-state index in [1.165, 1.54) is 11.8 Å². The Morgan fingerprint density at radius 1 is 1.36 bits per heavy atom. The lowest BCUT2D eigenvalue weighted by atomic mass is 10.1. The summed E-state index contributed by atoms with van der Waals surface area (Å²) in [6, 6.07) is 8.24. The molecule has 1 fully saturated rings. The Morgan fingerprint density at radius 3 is 2.78 bits per heavy atom. The first-order chi connectivity index (χ1) is 17.4. The fraction of sp³-hybridized carbons (Fsp3) is 0.480. The molecule has 2 heterocycles. The van der Waals surface area contributed by atoms with Crippen LogP contribution in [-0.2, 0) is 27.3 Å². The molecule has 1 unspecified atom stereocenters. The minimum Gasteiger partial charge on any atom is -0.480 e. The van der Waals surface area contributed by atoms with E-state index in [-0.39, 0.29) is 30.8 Å². The number of aromatic nitrogens is 2. The van der Waals surface area contributed by atoms with Gasteiger partial charge in [0, 0.05) is 37.6 Å². The van der Waals surface area contributed by atoms with Crippen molar-refractivity contribution in [3.8, 4) is 6.07 Å². The molecule has 2 aromatic rings. The number of imidazole rings is 1. The van der Waals surface area contributed by atoms with Gasteiger partial charge in [-0.3, -0.25) is 14.5 Å². The highest BCUT2D eigenvalue weighted by Gasteiger charge is 2.31. The standard InChI is InChI=1S/C25H32N6O4S/c1-36-10-8-22(25(34)35)29-23(32)16-30(14-19-6-4-18(12-26)5-7-19)15-21-3-2-9-31(21)24(33)11-20-13-27-17-28-20/h4-7,13,17,21-22H,2-3,8-11,14-16H2,1H3,(H,27,28)(H,29,32)(H,34,35)/t21-,22?/m0/s1. The molecule has 1 aliphatic rings. The van der Waals surface area contributed by atoms with Gasteiger partial charge in [0.15, 0.2) is 0 Å². The second-order valence-corrected chi connectivity index (χ2v) is 9.84. The molecule has 11 heteroatoms. The lowest BCUT2D eigenvalue weighted by molar-refractivity contribution is -0.142. The van der Waals surface area contributed by atoms with E-state index in [0.29, 0.717) is 37.4 Å². The van der Waals surface area contributed by atoms with E-state index in [1.54, 1.807) is 24.7 Å². The van der Waals surface area contributed by atoms with Crippen molar-refractivity contribution >= 4 is 29.5 Å². The lowest BCUT2D eigenvalue weighted by Gasteiger charge is -2.31. The number of H-pyrrole nitrogens is 1. The van der Waals surface area contributed by atoms with Gasteiger partial charge in [0.1, 0.15) is 6.04 Å². The van der Waals surface area contributed by atoms with Crippen LogP contribution in [0.1, 0.15) is 36.1 Å². The van der Waals surface area contributed by atoms with Crippen LogP contribution in [0.25, 0.3) is 0 Å². The van der Waals surface area contributed by atoms with Gasteiger partial charge in [0.05, 0.1) is 30.9 Å². The van der Waals surface area contributed by atoms with Gasteiger partial charge in [-0.2, -0.15) is 17.0 Å². The second-order valence-electron chi connectivity index (χ2n) is 8.85. The highest BCUT2D eigenvalue weighted by atomic mass is 32.2. The number of carbonyl (C=O) groups excluding carboxylic acids is 2. The third-order valence-electron chi connectivity index (χ3n) is 6.16. The molecule has 0 bridgehead atoms. The first-order valence-electron chi connectivity index (χ1n) is 11.9. The number of amides is 2. The molecule has 192 valence electrons. The number of nitrogens with zero attached hydrogens (tertiary/aromatic N) is 4. The van der Waals surface area contributed by atoms with Crippen LogP contribution in [0.2, 0.25) is 0 Å². The molecule has 3 rings (SSSR count). The summed E-state index contributed by atoms with van der Waals surface area (Å²) < 4.78 is 0. The van der Waals surface area contributed by atoms with Crippen molar-refractivity contribution in [2.45, 2.75) is 44.3 Å². The molecule has 3 N–H and O–H groups in total. The predicted molar refractivity (Wildman–Crippen MR) is 136 cm³/mol. The molecule has 1 saturated heterocycles. The quantitative estimate of drug-likeness (QED) is 0.368. The van der Waals surface area contributed by atoms with Gasteiger partial charge in [0.25, 0.3) is 0 Å². The van der Waals surface area contributed by atoms with E-state index in [0.717, 1.165) is 24.1 Å². The van der Waals surface area contributed by atoms with Gasteiger partial charge in [-0.05, 0) is 49.0 Å². The zero-order valence-corrected chi connectivity index (χ0v) is 21.2. The zero-order valence-electron chi connectivity index (χ0n) is 20.4. The number of aliphatic carboxylic acids is 1. The van der Waals surface area contributed by atoms with Gasteiger partial charge in [0.2, 0.25) is 11.8 Å². The average Bonchev–Trinajstić information content (AvgIpc) is 3.54. The Hall–Kier alpha value is -3.36. The molecule has 0 spiro atoms. The van der Waals surface area contributed by atoms with Crippen molar-refractivity contribution < 1.29 is 19.5 Å². The SMILES string of the molecule is CSCCC(NC(=O)CN(Cc1ccc(C#N)cc1)C[C@@H]1CCCN1C(=O)Cc1cnc[nH]1)C(=O)O. The molecule has 1 aromatic heterocycles. The van der Waals surface area contributed by atoms with Crippen LogP contribution in [0.5, 0.6) is 0 Å². The molecule has 2 atom stereocenters. The third-order valence-corrected chi connectivity index (χ3v) is 6.81. The smallest absolute Gasteiger partial charge is 0.326 e. The average molecular weight is 513 g/mol. The first-order valence-corrected chi connectivity index (χ1v) is 13.3. The minimum atomic E-state index is -1.05. The topological polar surface area (TPSA) is 142 Å². The maximum Gasteiger partial charge on any atom is 0.326 e. The molecule has 1 aliphatic heterocycles. The number of hydrogen-bond donors (Lipinski definition) is 3. The number of benzene rings is 1. The van der Waals surface area contributed by atoms with Crippen molar-refractivity contribution in [1.29, 1.82) is 5.26 Å². The van der Waals surface area contributed by atoms with Crippen LogP contribution in [-0.4, -0.2) is 86.4 Å². The summed E-state index contributed by atoms with van der Waals surface area (Å²) >= 11 is 1.53. The number of nitrogens with one attached hydrogen (secondary N) is 2. The molecule has 2 amide bonds. The number of rotatable bonds is 13. The molecular weight excluding hydrogens is 480 g/mol. The number of hydrogen-bond acceptors (Lipinski definition) is 7. The Bertz CT molecular complexity index is 1050. The van der Waals surface area contributed by atoms with Gasteiger partial charge < -0.3 is 20.3 Å². The van der Waals surface area contributed by atoms with E-state index in [2.05, 4.69) is 21.4 Å². The molecule has 0 saturated carbocycles. The maximum atomic E-state index is 13.0. The molecule has 36 heavy (non-hydrogen) atoms. The number of likely N-dealkylation sites (tertiary alicyclic amines) is 1. The molecule has 0 aliphatic carbocycles. The predicted octanol–water partition coefficient (Wildman–Crippen LogP) is 1.64. The Balaban J connectivity index is 1.70. The number of aromatic amines is 1. The highest BCUT2D eigenvalue weighted by molar-refractivity contribution is 7.98. The summed E-state index contributed by atoms with van der Waals surface area (Å²) in [4.78, 5) is 48.2. The van der Waals surface area contributed by atoms with Crippen molar-refractivity contribution in [1.82, 2.24) is 25.1 Å². The van der Waals surface area contributed by atoms with Crippen LogP contribution < -0.4 is 5.32 Å². The number of nitriles is 1. The van der Waals surface area contributed by atoms with Crippen molar-refractivity contribution in [3.63, 3.8) is 0 Å². The van der Waals surface area contributed by atoms with E-state index < -0.39 is 12.0 Å². The van der Waals surface area contributed by atoms with Crippen molar-refractivity contribution in [2.75, 3.05) is 31.6 Å². The van der Waals surface area contributed by atoms with Gasteiger partial charge in [-0.25, -0.2) is 9.78 Å². The second kappa shape index (κ2) is 13.7. The Kier molecular flexibility index (Phi) is 10.3. The Morgan fingerprint density at radius 2 is 2.14 bits per heavy atom. The van der Waals surface area contributed by atoms with Gasteiger partial charge >= 0.3 is 5.97 Å². The van der Waals surface area contributed by atoms with Gasteiger partial charge in [-0.1, -0.05) is 12.1 Å². The number of carbonyl (C=O) groups is 3. The summed E-state index contributed by atoms with van der Waals surface area (Å²) in [7, 11) is 0. The van der Waals surface area contributed by atoms with Crippen LogP contribution in [0.3, 0.4) is 0 Å². The summed E-state index contributed by atoms with van der Waals surface area (Å²) in [5, 5.41) is 21.2. The van der Waals surface area contributed by atoms with E-state index in [9.17, 15) is 19.5 Å². The summed E-state index contributed by atoms with van der Waals surface area (Å²) in [6.07, 6.45) is 7.36. The van der Waals surface area contributed by atoms with Gasteiger partial charge in [-0.15, -0.1) is 0 Å². The number of thioether (sulfide) groups is 1. The van der Waals surface area contributed by atoms with Crippen LogP contribution in [0, 0.1) is 11.3 Å². The summed E-state index contributed by atoms with van der Waals surface area (Å²) in [5.74, 6) is -0.790. The zero-order chi connectivity index (χ0) is 25.9. The monoisotopic (exact) mass is 512 g/mol. The first kappa shape index (κ1) is 27.2. The normalized spacial score (nSPS) is 16.0. The maximum absolute atomic E-state index is 13.0. The van der Waals surface area contributed by atoms with Crippen LogP contribution in [0.15, 0.2) is 36.8 Å². The molecular formula is C25H32N6O4S. The largest absolute Gasteiger partial charge is 0.480 e. The van der Waals surface area contributed by atoms with E-state index in [4.69, 9.17) is 5.26 Å². The van der Waals surface area contributed by atoms with E-state index in [1.807, 2.05) is 28.2 Å². The molecule has 10 nitrogen and oxygen atoms in total. The minimum absolute atomic E-state index is 0.00211. The fourth-order valence-corrected chi connectivity index (χ4v) is 4.83. The van der Waals surface area contributed by atoms with Crippen molar-refractivity contribution in [2.24, 2.45) is 0 Å². The number of carboxylic acids is 1. The van der Waals surface area contributed by atoms with Crippen molar-refractivity contribution in [3.05, 3.63) is 53.6 Å². The molecule has 0 radical (unpaired) electrons. The fourth-order valence-electron chi connectivity index (χ4n) is 4.36. The Labute approximate surface area is 215 Å². The number of carboxylic acid groups (broad SMARTS) is 1. The highest BCUT2D eigenvalue weighted by Crippen LogP contribution is 2.21. The van der Waals surface area contributed by atoms with Crippen LogP contribution in [0.4, 0.5) is 0 Å². The summed E-state index contributed by atoms with van der Waals surface area (Å²) in [5.41, 5.74) is 2.23. The molecule has 1 aromatic carbocycles. The lowest BCUT2D eigenvalue weighted by Crippen LogP contribution is -2.49. The van der Waals surface area contributed by atoms with E-state index >= 15 is 0 Å². The van der Waals surface area contributed by atoms with Crippen LogP contribution >= 0.6 is 11.8 Å². The third kappa shape index (κ3) is 8.10.